The first kappa shape index (κ1) is 22.5. The van der Waals surface area contributed by atoms with Crippen molar-refractivity contribution in [3.8, 4) is 0 Å². The Morgan fingerprint density at radius 3 is 0.700 bits per heavy atom. The summed E-state index contributed by atoms with van der Waals surface area (Å²) in [4.78, 5) is 34.1. The van der Waals surface area contributed by atoms with Gasteiger partial charge in [0.2, 0.25) is 0 Å². The molecule has 0 bridgehead atoms. The maximum Gasteiger partial charge on any atom is 1.00 e. The number of hydrogen-bond acceptors (Lipinski definition) is 6. The molecule has 0 fully saturated rings. The summed E-state index contributed by atoms with van der Waals surface area (Å²) < 4.78 is 17.0. The van der Waals surface area contributed by atoms with E-state index in [0.717, 1.165) is 0 Å². The third-order valence-electron chi connectivity index (χ3n) is 0. The number of hydrogen-bond donors (Lipinski definition) is 0. The maximum absolute atomic E-state index is 8.52. The SMILES string of the molecule is O=[Si]([O-])[O-].O=[Si]([O-])[O-].[Na+].[Na+]. The third-order valence-corrected chi connectivity index (χ3v) is 0. The van der Waals surface area contributed by atoms with Gasteiger partial charge in [-0.05, 0) is 0 Å². The molecule has 0 aliphatic rings. The van der Waals surface area contributed by atoms with Crippen molar-refractivity contribution in [2.75, 3.05) is 0 Å². The van der Waals surface area contributed by atoms with Gasteiger partial charge in [0.05, 0.1) is 0 Å². The van der Waals surface area contributed by atoms with E-state index in [4.69, 9.17) is 28.1 Å². The summed E-state index contributed by atoms with van der Waals surface area (Å²) in [6, 6.07) is 0. The van der Waals surface area contributed by atoms with Crippen LogP contribution in [-0.2, 0) is 8.92 Å². The van der Waals surface area contributed by atoms with E-state index in [0.29, 0.717) is 0 Å². The molecule has 0 spiro atoms. The molecule has 0 aliphatic carbocycles. The van der Waals surface area contributed by atoms with Crippen LogP contribution in [0.25, 0.3) is 0 Å². The minimum atomic E-state index is -3.63. The van der Waals surface area contributed by atoms with Gasteiger partial charge in [0.1, 0.15) is 0 Å². The molecule has 0 heterocycles. The van der Waals surface area contributed by atoms with Crippen LogP contribution >= 0.6 is 0 Å². The first-order valence-corrected chi connectivity index (χ1v) is 3.67. The Morgan fingerprint density at radius 1 is 0.700 bits per heavy atom. The quantitative estimate of drug-likeness (QED) is 0.355. The molecule has 0 aromatic carbocycles. The van der Waals surface area contributed by atoms with Gasteiger partial charge < -0.3 is 28.1 Å². The van der Waals surface area contributed by atoms with E-state index in [1.54, 1.807) is 0 Å². The van der Waals surface area contributed by atoms with E-state index < -0.39 is 18.3 Å². The minimum absolute atomic E-state index is 0. The molecular weight excluding hydrogens is 198 g/mol. The predicted molar refractivity (Wildman–Crippen MR) is 12.9 cm³/mol. The van der Waals surface area contributed by atoms with Crippen molar-refractivity contribution in [2.24, 2.45) is 0 Å². The maximum atomic E-state index is 8.52. The van der Waals surface area contributed by atoms with Crippen molar-refractivity contribution in [3.05, 3.63) is 0 Å². The minimum Gasteiger partial charge on any atom is -0.672 e. The molecule has 6 nitrogen and oxygen atoms in total. The van der Waals surface area contributed by atoms with Gasteiger partial charge in [-0.25, -0.2) is 0 Å². The van der Waals surface area contributed by atoms with Gasteiger partial charge in [0.15, 0.2) is 0 Å². The molecular formula is Na2O6Si2-2. The van der Waals surface area contributed by atoms with Crippen molar-refractivity contribution in [2.45, 2.75) is 0 Å². The summed E-state index contributed by atoms with van der Waals surface area (Å²) in [6.45, 7) is 0. The van der Waals surface area contributed by atoms with Crippen LogP contribution in [0.3, 0.4) is 0 Å². The summed E-state index contributed by atoms with van der Waals surface area (Å²) in [5.41, 5.74) is 0. The fourth-order valence-corrected chi connectivity index (χ4v) is 0. The van der Waals surface area contributed by atoms with E-state index in [1.807, 2.05) is 0 Å². The molecule has 0 aromatic heterocycles. The van der Waals surface area contributed by atoms with Gasteiger partial charge in [-0.2, -0.15) is 0 Å². The zero-order chi connectivity index (χ0) is 7.15. The smallest absolute Gasteiger partial charge is 0.672 e. The molecule has 0 saturated heterocycles. The standard InChI is InChI=1S/2Na.2O3Si/c;;2*1-4(2)3/q2*+1;2*-2. The molecule has 0 unspecified atom stereocenters. The van der Waals surface area contributed by atoms with Crippen LogP contribution in [0.4, 0.5) is 0 Å². The van der Waals surface area contributed by atoms with E-state index in [9.17, 15) is 0 Å². The van der Waals surface area contributed by atoms with Gasteiger partial charge in [-0.1, -0.05) is 0 Å². The van der Waals surface area contributed by atoms with E-state index in [1.165, 1.54) is 0 Å². The first-order chi connectivity index (χ1) is 3.46. The van der Waals surface area contributed by atoms with Crippen LogP contribution in [0.5, 0.6) is 0 Å². The molecule has 0 atom stereocenters. The molecule has 0 rings (SSSR count). The molecule has 0 saturated carbocycles. The second kappa shape index (κ2) is 16.7. The van der Waals surface area contributed by atoms with Crippen molar-refractivity contribution in [1.29, 1.82) is 0 Å². The Bertz CT molecular complexity index is 71.7. The van der Waals surface area contributed by atoms with Crippen LogP contribution in [0.1, 0.15) is 0 Å². The Hall–Kier alpha value is 1.23. The molecule has 48 valence electrons. The third kappa shape index (κ3) is 411. The average molecular weight is 198 g/mol. The number of rotatable bonds is 0. The Labute approximate surface area is 104 Å². The fourth-order valence-electron chi connectivity index (χ4n) is 0. The van der Waals surface area contributed by atoms with Crippen LogP contribution in [-0.4, -0.2) is 18.3 Å². The van der Waals surface area contributed by atoms with Gasteiger partial charge in [-0.3, -0.25) is 0 Å². The molecule has 10 heavy (non-hydrogen) atoms. The Kier molecular flexibility index (Phi) is 37.5. The van der Waals surface area contributed by atoms with Crippen molar-refractivity contribution >= 4 is 18.3 Å². The van der Waals surface area contributed by atoms with Crippen molar-refractivity contribution in [1.82, 2.24) is 0 Å². The summed E-state index contributed by atoms with van der Waals surface area (Å²) in [7, 11) is -7.26. The van der Waals surface area contributed by atoms with Crippen LogP contribution in [0.2, 0.25) is 0 Å². The fraction of sp³-hybridized carbons (Fsp3) is 0. The molecule has 10 heteroatoms. The summed E-state index contributed by atoms with van der Waals surface area (Å²) in [5, 5.41) is 0. The largest absolute Gasteiger partial charge is 1.00 e. The van der Waals surface area contributed by atoms with Crippen LogP contribution in [0.15, 0.2) is 0 Å². The average Bonchev–Trinajstić information content (AvgIpc) is 1.25. The molecule has 0 radical (unpaired) electrons. The molecule has 0 N–H and O–H groups in total. The second-order valence-electron chi connectivity index (χ2n) is 0.500. The van der Waals surface area contributed by atoms with Crippen molar-refractivity contribution < 1.29 is 87.2 Å². The van der Waals surface area contributed by atoms with Crippen LogP contribution in [0, 0.1) is 0 Å². The monoisotopic (exact) mass is 198 g/mol. The molecule has 0 aromatic rings. The Balaban J connectivity index is -0.0000000300. The van der Waals surface area contributed by atoms with Gasteiger partial charge in [-0.15, -0.1) is 0 Å². The van der Waals surface area contributed by atoms with Gasteiger partial charge >= 0.3 is 59.1 Å². The Morgan fingerprint density at radius 2 is 0.700 bits per heavy atom. The zero-order valence-corrected chi connectivity index (χ0v) is 11.4. The predicted octanol–water partition coefficient (Wildman–Crippen LogP) is -11.7. The molecule has 0 aliphatic heterocycles. The summed E-state index contributed by atoms with van der Waals surface area (Å²) in [5.74, 6) is 0. The summed E-state index contributed by atoms with van der Waals surface area (Å²) in [6.07, 6.45) is 0. The van der Waals surface area contributed by atoms with E-state index in [2.05, 4.69) is 0 Å². The van der Waals surface area contributed by atoms with Crippen LogP contribution < -0.4 is 78.3 Å². The topological polar surface area (TPSA) is 126 Å². The van der Waals surface area contributed by atoms with Gasteiger partial charge in [0, 0.05) is 18.3 Å². The first-order valence-electron chi connectivity index (χ1n) is 1.22. The van der Waals surface area contributed by atoms with Crippen molar-refractivity contribution in [3.63, 3.8) is 0 Å². The molecule has 0 amide bonds. The van der Waals surface area contributed by atoms with E-state index >= 15 is 0 Å². The second-order valence-corrected chi connectivity index (χ2v) is 1.50. The van der Waals surface area contributed by atoms with E-state index in [-0.39, 0.29) is 59.1 Å². The summed E-state index contributed by atoms with van der Waals surface area (Å²) >= 11 is 0. The zero-order valence-electron chi connectivity index (χ0n) is 5.45. The van der Waals surface area contributed by atoms with Gasteiger partial charge in [0.25, 0.3) is 0 Å². The normalized spacial score (nSPS) is 4.80.